The minimum Gasteiger partial charge on any atom is -0.464 e. The third-order valence-corrected chi connectivity index (χ3v) is 13.0. The van der Waals surface area contributed by atoms with E-state index in [0.29, 0.717) is 24.5 Å². The molecule has 2 saturated heterocycles. The van der Waals surface area contributed by atoms with E-state index in [4.69, 9.17) is 28.9 Å². The smallest absolute Gasteiger partial charge is 0.407 e. The topological polar surface area (TPSA) is 289 Å². The van der Waals surface area contributed by atoms with Crippen LogP contribution in [0.2, 0.25) is 0 Å². The monoisotopic (exact) mass is 988 g/mol. The van der Waals surface area contributed by atoms with Crippen molar-refractivity contribution in [1.29, 1.82) is 0 Å². The van der Waals surface area contributed by atoms with Gasteiger partial charge in [0.1, 0.15) is 23.7 Å². The van der Waals surface area contributed by atoms with E-state index in [1.54, 1.807) is 31.6 Å². The van der Waals surface area contributed by atoms with Crippen molar-refractivity contribution < 1.29 is 47.7 Å². The zero-order chi connectivity index (χ0) is 51.4. The van der Waals surface area contributed by atoms with Crippen LogP contribution in [0.3, 0.4) is 0 Å². The van der Waals surface area contributed by atoms with Crippen molar-refractivity contribution in [1.82, 2.24) is 70.4 Å². The zero-order valence-electron chi connectivity index (χ0n) is 40.9. The van der Waals surface area contributed by atoms with Gasteiger partial charge in [0, 0.05) is 13.1 Å². The fraction of sp³-hybridized carbons (Fsp3) is 0.417. The highest BCUT2D eigenvalue weighted by atomic mass is 16.5. The highest BCUT2D eigenvalue weighted by Gasteiger charge is 2.44. The van der Waals surface area contributed by atoms with Crippen LogP contribution in [0.15, 0.2) is 73.3 Å². The lowest BCUT2D eigenvalue weighted by atomic mass is 10.0. The number of rotatable bonds is 15. The number of nitrogens with zero attached hydrogens (tertiary/aromatic N) is 10. The lowest BCUT2D eigenvalue weighted by molar-refractivity contribution is -0.136. The van der Waals surface area contributed by atoms with Gasteiger partial charge in [0.25, 0.3) is 0 Å². The number of carbonyl (C=O) groups excluding carboxylic acids is 6. The molecule has 0 saturated carbocycles. The predicted octanol–water partition coefficient (Wildman–Crippen LogP) is 4.68. The van der Waals surface area contributed by atoms with Crippen molar-refractivity contribution >= 4 is 35.9 Å². The third kappa shape index (κ3) is 10.4. The number of H-pyrrole nitrogens is 2. The molecule has 6 aromatic rings. The summed E-state index contributed by atoms with van der Waals surface area (Å²) in [5, 5.41) is 21.6. The summed E-state index contributed by atoms with van der Waals surface area (Å²) in [5.41, 5.74) is 5.14. The van der Waals surface area contributed by atoms with Gasteiger partial charge in [-0.15, -0.1) is 10.2 Å². The Labute approximate surface area is 413 Å². The number of aromatic amines is 2. The molecule has 2 aliphatic heterocycles. The number of ether oxygens (including phenoxy) is 4. The number of hydrogen-bond donors (Lipinski definition) is 4. The third-order valence-electron chi connectivity index (χ3n) is 13.0. The molecule has 2 aliphatic rings. The summed E-state index contributed by atoms with van der Waals surface area (Å²) >= 11 is 0. The molecule has 8 rings (SSSR count). The highest BCUT2D eigenvalue weighted by Crippen LogP contribution is 2.40. The van der Waals surface area contributed by atoms with Crippen LogP contribution >= 0.6 is 0 Å². The summed E-state index contributed by atoms with van der Waals surface area (Å²) in [6.07, 6.45) is 5.72. The molecule has 24 heteroatoms. The van der Waals surface area contributed by atoms with Gasteiger partial charge in [0.2, 0.25) is 11.8 Å². The van der Waals surface area contributed by atoms with E-state index in [9.17, 15) is 28.8 Å². The van der Waals surface area contributed by atoms with E-state index in [0.717, 1.165) is 33.6 Å². The molecule has 0 aliphatic carbocycles. The Morgan fingerprint density at radius 1 is 0.556 bits per heavy atom. The molecule has 2 fully saturated rings. The number of likely N-dealkylation sites (tertiary alicyclic amines) is 2. The SMILES string of the molecule is COC(=O)N[C@H](C(=O)N1C[C@H](n2cc(C(=O)OC)nn2)C[C@H]1c1ncc(-c2ccc(-c3ccc(-c4cnc([C@@H]5C[C@@H](n6cc(C(=O)OC)nn6)CN5C(=O)[C@@H](NC(=O)OC)C(C)C)[nH]4)cc3)cc2)[nH]1)C(C)C. The van der Waals surface area contributed by atoms with Gasteiger partial charge in [0.15, 0.2) is 11.4 Å². The molecule has 6 atom stereocenters. The number of esters is 2. The van der Waals surface area contributed by atoms with E-state index < -0.39 is 48.3 Å². The summed E-state index contributed by atoms with van der Waals surface area (Å²) < 4.78 is 22.3. The van der Waals surface area contributed by atoms with Gasteiger partial charge in [-0.3, -0.25) is 9.59 Å². The molecule has 0 unspecified atom stereocenters. The molecule has 6 heterocycles. The summed E-state index contributed by atoms with van der Waals surface area (Å²) in [5.74, 6) is -1.40. The van der Waals surface area contributed by atoms with Gasteiger partial charge in [-0.1, -0.05) is 86.7 Å². The number of imidazole rings is 2. The molecule has 0 bridgehead atoms. The van der Waals surface area contributed by atoms with Crippen molar-refractivity contribution in [2.75, 3.05) is 41.5 Å². The average Bonchev–Trinajstić information content (AvgIpc) is 4.26. The van der Waals surface area contributed by atoms with Crippen molar-refractivity contribution in [2.24, 2.45) is 11.8 Å². The van der Waals surface area contributed by atoms with Crippen LogP contribution in [-0.2, 0) is 28.5 Å². The summed E-state index contributed by atoms with van der Waals surface area (Å²) in [7, 11) is 4.99. The average molecular weight is 989 g/mol. The van der Waals surface area contributed by atoms with Crippen LogP contribution < -0.4 is 10.6 Å². The molecule has 378 valence electrons. The fourth-order valence-corrected chi connectivity index (χ4v) is 9.07. The number of hydrogen-bond acceptors (Lipinski definition) is 16. The van der Waals surface area contributed by atoms with Gasteiger partial charge in [0.05, 0.1) is 88.8 Å². The molecule has 4 amide bonds. The Kier molecular flexibility index (Phi) is 14.8. The van der Waals surface area contributed by atoms with Crippen LogP contribution in [0.4, 0.5) is 9.59 Å². The van der Waals surface area contributed by atoms with Crippen molar-refractivity contribution in [3.8, 4) is 33.6 Å². The van der Waals surface area contributed by atoms with Crippen LogP contribution in [-0.4, -0.2) is 149 Å². The number of alkyl carbamates (subject to hydrolysis) is 2. The Bertz CT molecular complexity index is 2730. The van der Waals surface area contributed by atoms with E-state index >= 15 is 0 Å². The molecule has 4 aromatic heterocycles. The predicted molar refractivity (Wildman–Crippen MR) is 254 cm³/mol. The minimum absolute atomic E-state index is 0.0350. The highest BCUT2D eigenvalue weighted by molar-refractivity contribution is 5.88. The van der Waals surface area contributed by atoms with E-state index in [-0.39, 0.29) is 60.2 Å². The van der Waals surface area contributed by atoms with Gasteiger partial charge >= 0.3 is 24.1 Å². The number of amides is 4. The second kappa shape index (κ2) is 21.3. The Morgan fingerprint density at radius 2 is 0.917 bits per heavy atom. The second-order valence-corrected chi connectivity index (χ2v) is 18.2. The quantitative estimate of drug-likeness (QED) is 0.0802. The van der Waals surface area contributed by atoms with Gasteiger partial charge in [-0.25, -0.2) is 38.5 Å². The first-order valence-corrected chi connectivity index (χ1v) is 23.2. The van der Waals surface area contributed by atoms with Crippen LogP contribution in [0, 0.1) is 11.8 Å². The molecular formula is C48H56N14O10. The standard InChI is InChI=1S/C48H56N14O10/c1-25(2)39(53-47(67)71-7)43(63)59-21-31(61-23-35(55-57-61)45(65)69-5)17-37(59)41-49-19-33(51-41)29-13-9-27(10-14-29)28-11-15-30(16-12-28)34-20-50-42(52-34)38-18-32(62-24-36(56-58-62)46(66)70-6)22-60(38)44(64)40(26(3)4)54-48(68)72-8/h9-16,19-20,23-26,31-32,37-40H,17-18,21-22H2,1-8H3,(H,49,51)(H,50,52)(H,53,67)(H,54,68)/t31-,32-,37+,38+,39+,40+/m1/s1. The molecule has 24 nitrogen and oxygen atoms in total. The maximum atomic E-state index is 14.2. The van der Waals surface area contributed by atoms with E-state index in [2.05, 4.69) is 41.2 Å². The van der Waals surface area contributed by atoms with E-state index in [1.807, 2.05) is 76.2 Å². The fourth-order valence-electron chi connectivity index (χ4n) is 9.07. The van der Waals surface area contributed by atoms with E-state index in [1.165, 1.54) is 40.8 Å². The zero-order valence-corrected chi connectivity index (χ0v) is 40.9. The van der Waals surface area contributed by atoms with Crippen molar-refractivity contribution in [2.45, 2.75) is 76.8 Å². The number of methoxy groups -OCH3 is 4. The number of benzene rings is 2. The Morgan fingerprint density at radius 3 is 1.25 bits per heavy atom. The maximum absolute atomic E-state index is 14.2. The number of nitrogens with one attached hydrogen (secondary N) is 4. The molecule has 2 aromatic carbocycles. The van der Waals surface area contributed by atoms with Crippen molar-refractivity contribution in [3.05, 3.63) is 96.4 Å². The first-order chi connectivity index (χ1) is 34.6. The summed E-state index contributed by atoms with van der Waals surface area (Å²) in [6.45, 7) is 7.73. The minimum atomic E-state index is -0.888. The lowest BCUT2D eigenvalue weighted by Gasteiger charge is -2.29. The number of aromatic nitrogens is 10. The van der Waals surface area contributed by atoms with Crippen LogP contribution in [0.25, 0.3) is 33.6 Å². The van der Waals surface area contributed by atoms with Gasteiger partial charge in [-0.05, 0) is 46.9 Å². The second-order valence-electron chi connectivity index (χ2n) is 18.2. The first-order valence-electron chi connectivity index (χ1n) is 23.2. The maximum Gasteiger partial charge on any atom is 0.407 e. The summed E-state index contributed by atoms with van der Waals surface area (Å²) in [4.78, 5) is 96.9. The van der Waals surface area contributed by atoms with Crippen LogP contribution in [0.1, 0.15) is 97.3 Å². The normalized spacial score (nSPS) is 18.5. The van der Waals surface area contributed by atoms with Crippen LogP contribution in [0.5, 0.6) is 0 Å². The van der Waals surface area contributed by atoms with Crippen molar-refractivity contribution in [3.63, 3.8) is 0 Å². The molecular weight excluding hydrogens is 933 g/mol. The molecule has 0 radical (unpaired) electrons. The van der Waals surface area contributed by atoms with Gasteiger partial charge < -0.3 is 49.3 Å². The summed E-state index contributed by atoms with van der Waals surface area (Å²) in [6, 6.07) is 12.3. The van der Waals surface area contributed by atoms with Gasteiger partial charge in [-0.2, -0.15) is 0 Å². The number of carbonyl (C=O) groups is 6. The lowest BCUT2D eigenvalue weighted by Crippen LogP contribution is -2.51. The largest absolute Gasteiger partial charge is 0.464 e. The Balaban J connectivity index is 0.988. The Hall–Kier alpha value is -8.44. The molecule has 72 heavy (non-hydrogen) atoms. The molecule has 0 spiro atoms. The first kappa shape index (κ1) is 50.0. The molecule has 4 N–H and O–H groups in total.